The Labute approximate surface area is 226 Å². The number of hydrogen-bond acceptors (Lipinski definition) is 6. The summed E-state index contributed by atoms with van der Waals surface area (Å²) in [6.07, 6.45) is -0.471. The van der Waals surface area contributed by atoms with Crippen molar-refractivity contribution in [2.24, 2.45) is 5.41 Å². The van der Waals surface area contributed by atoms with E-state index in [0.717, 1.165) is 18.1 Å². The molecule has 3 rings (SSSR count). The first-order chi connectivity index (χ1) is 17.7. The number of hydrogen-bond donors (Lipinski definition) is 2. The van der Waals surface area contributed by atoms with Crippen molar-refractivity contribution < 1.29 is 28.7 Å². The van der Waals surface area contributed by atoms with Crippen LogP contribution in [-0.4, -0.2) is 46.5 Å². The second kappa shape index (κ2) is 11.3. The van der Waals surface area contributed by atoms with Crippen molar-refractivity contribution >= 4 is 52.4 Å². The summed E-state index contributed by atoms with van der Waals surface area (Å²) in [6, 6.07) is 8.50. The van der Waals surface area contributed by atoms with Crippen LogP contribution in [0.1, 0.15) is 51.7 Å². The number of benzene rings is 2. The fourth-order valence-electron chi connectivity index (χ4n) is 4.25. The van der Waals surface area contributed by atoms with Crippen LogP contribution in [-0.2, 0) is 24.0 Å². The van der Waals surface area contributed by atoms with Gasteiger partial charge in [0.25, 0.3) is 11.8 Å². The molecule has 2 aromatic carbocycles. The lowest BCUT2D eigenvalue weighted by atomic mass is 9.92. The van der Waals surface area contributed by atoms with Crippen LogP contribution in [0.2, 0.25) is 5.02 Å². The number of ether oxygens (including phenoxy) is 1. The minimum atomic E-state index is -1.64. The first-order valence-electron chi connectivity index (χ1n) is 12.3. The number of amides is 4. The van der Waals surface area contributed by atoms with E-state index in [0.29, 0.717) is 22.8 Å². The van der Waals surface area contributed by atoms with E-state index in [1.165, 1.54) is 12.1 Å². The summed E-state index contributed by atoms with van der Waals surface area (Å²) in [7, 11) is 0. The van der Waals surface area contributed by atoms with Gasteiger partial charge in [-0.15, -0.1) is 0 Å². The lowest BCUT2D eigenvalue weighted by Gasteiger charge is -2.25. The number of imide groups is 1. The van der Waals surface area contributed by atoms with Gasteiger partial charge in [-0.3, -0.25) is 28.9 Å². The van der Waals surface area contributed by atoms with Crippen LogP contribution >= 0.6 is 11.6 Å². The van der Waals surface area contributed by atoms with E-state index >= 15 is 0 Å². The molecule has 1 aliphatic rings. The molecule has 1 saturated heterocycles. The Kier molecular flexibility index (Phi) is 8.61. The minimum Gasteiger partial charge on any atom is -0.480 e. The molecule has 2 atom stereocenters. The number of Topliss-reactive ketones (excluding diaryl/α,β-unsaturated/α-hetero) is 1. The summed E-state index contributed by atoms with van der Waals surface area (Å²) < 4.78 is 5.94. The zero-order chi connectivity index (χ0) is 28.4. The van der Waals surface area contributed by atoms with Crippen molar-refractivity contribution in [1.82, 2.24) is 4.90 Å². The van der Waals surface area contributed by atoms with Gasteiger partial charge in [0.2, 0.25) is 11.8 Å². The van der Waals surface area contributed by atoms with Gasteiger partial charge in [0.05, 0.1) is 16.1 Å². The summed E-state index contributed by atoms with van der Waals surface area (Å²) in [5, 5.41) is 5.42. The third-order valence-electron chi connectivity index (χ3n) is 6.31. The molecule has 38 heavy (non-hydrogen) atoms. The van der Waals surface area contributed by atoms with E-state index < -0.39 is 47.0 Å². The van der Waals surface area contributed by atoms with E-state index in [-0.39, 0.29) is 17.1 Å². The Bertz CT molecular complexity index is 1310. The van der Waals surface area contributed by atoms with Crippen molar-refractivity contribution in [3.63, 3.8) is 0 Å². The number of anilines is 2. The van der Waals surface area contributed by atoms with Crippen LogP contribution in [0.5, 0.6) is 5.75 Å². The van der Waals surface area contributed by atoms with Crippen LogP contribution in [0.4, 0.5) is 11.4 Å². The summed E-state index contributed by atoms with van der Waals surface area (Å²) in [4.78, 5) is 64.4. The molecule has 1 heterocycles. The molecule has 0 spiro atoms. The SMILES string of the molecule is CCC(Oc1ccc(C)cc1C)C(=O)Nc1ccc(Cl)c(NC(=O)C(C(C)=O)N2C(=O)CC(C)(C)C2=O)c1. The molecule has 1 fully saturated rings. The maximum Gasteiger partial charge on any atom is 0.265 e. The van der Waals surface area contributed by atoms with Crippen molar-refractivity contribution in [3.8, 4) is 5.75 Å². The lowest BCUT2D eigenvalue weighted by molar-refractivity contribution is -0.151. The molecule has 4 amide bonds. The molecule has 0 radical (unpaired) electrons. The number of aryl methyl sites for hydroxylation is 2. The topological polar surface area (TPSA) is 122 Å². The molecule has 0 saturated carbocycles. The van der Waals surface area contributed by atoms with Gasteiger partial charge >= 0.3 is 0 Å². The average molecular weight is 542 g/mol. The quantitative estimate of drug-likeness (QED) is 0.357. The predicted molar refractivity (Wildman–Crippen MR) is 144 cm³/mol. The number of nitrogens with one attached hydrogen (secondary N) is 2. The van der Waals surface area contributed by atoms with Crippen molar-refractivity contribution in [1.29, 1.82) is 0 Å². The summed E-state index contributed by atoms with van der Waals surface area (Å²) in [6.45, 7) is 10.00. The Morgan fingerprint density at radius 3 is 2.29 bits per heavy atom. The van der Waals surface area contributed by atoms with Crippen LogP contribution in [0.3, 0.4) is 0 Å². The van der Waals surface area contributed by atoms with Gasteiger partial charge < -0.3 is 15.4 Å². The Morgan fingerprint density at radius 1 is 1.05 bits per heavy atom. The van der Waals surface area contributed by atoms with Crippen LogP contribution in [0.25, 0.3) is 0 Å². The smallest absolute Gasteiger partial charge is 0.265 e. The van der Waals surface area contributed by atoms with Crippen LogP contribution < -0.4 is 15.4 Å². The highest BCUT2D eigenvalue weighted by Crippen LogP contribution is 2.34. The van der Waals surface area contributed by atoms with Gasteiger partial charge in [-0.2, -0.15) is 0 Å². The standard InChI is InChI=1S/C28H32ClN3O6/c1-7-21(38-22-11-8-15(2)12-16(22)3)25(35)30-18-9-10-19(29)20(13-18)31-26(36)24(17(4)33)32-23(34)14-28(5,6)27(32)37/h8-13,21,24H,7,14H2,1-6H3,(H,30,35)(H,31,36). The molecule has 10 heteroatoms. The third-order valence-corrected chi connectivity index (χ3v) is 6.64. The van der Waals surface area contributed by atoms with Crippen molar-refractivity contribution in [2.75, 3.05) is 10.6 Å². The molecule has 2 N–H and O–H groups in total. The van der Waals surface area contributed by atoms with E-state index in [1.807, 2.05) is 39.0 Å². The average Bonchev–Trinajstić information content (AvgIpc) is 3.02. The highest BCUT2D eigenvalue weighted by molar-refractivity contribution is 6.34. The zero-order valence-electron chi connectivity index (χ0n) is 22.3. The van der Waals surface area contributed by atoms with Gasteiger partial charge in [-0.25, -0.2) is 0 Å². The van der Waals surface area contributed by atoms with Gasteiger partial charge in [-0.05, 0) is 57.0 Å². The van der Waals surface area contributed by atoms with E-state index in [4.69, 9.17) is 16.3 Å². The number of rotatable bonds is 9. The first-order valence-corrected chi connectivity index (χ1v) is 12.6. The van der Waals surface area contributed by atoms with Gasteiger partial charge in [0, 0.05) is 12.1 Å². The Hall–Kier alpha value is -3.72. The minimum absolute atomic E-state index is 0.0995. The van der Waals surface area contributed by atoms with Gasteiger partial charge in [0.15, 0.2) is 17.9 Å². The highest BCUT2D eigenvalue weighted by atomic mass is 35.5. The number of carbonyl (C=O) groups is 5. The number of ketones is 1. The van der Waals surface area contributed by atoms with E-state index in [2.05, 4.69) is 10.6 Å². The molecular weight excluding hydrogens is 510 g/mol. The Balaban J connectivity index is 1.77. The molecule has 0 aromatic heterocycles. The summed E-state index contributed by atoms with van der Waals surface area (Å²) in [5.41, 5.74) is 1.40. The first kappa shape index (κ1) is 28.8. The van der Waals surface area contributed by atoms with Gasteiger partial charge in [0.1, 0.15) is 5.75 Å². The molecule has 0 bridgehead atoms. The molecule has 202 valence electrons. The number of halogens is 1. The van der Waals surface area contributed by atoms with Crippen LogP contribution in [0.15, 0.2) is 36.4 Å². The number of likely N-dealkylation sites (tertiary alicyclic amines) is 1. The largest absolute Gasteiger partial charge is 0.480 e. The summed E-state index contributed by atoms with van der Waals surface area (Å²) >= 11 is 6.27. The van der Waals surface area contributed by atoms with Crippen LogP contribution in [0, 0.1) is 19.3 Å². The van der Waals surface area contributed by atoms with Gasteiger partial charge in [-0.1, -0.05) is 50.1 Å². The fraction of sp³-hybridized carbons (Fsp3) is 0.393. The molecular formula is C28H32ClN3O6. The van der Waals surface area contributed by atoms with Crippen molar-refractivity contribution in [3.05, 3.63) is 52.5 Å². The third kappa shape index (κ3) is 6.22. The second-order valence-corrected chi connectivity index (χ2v) is 10.5. The molecule has 1 aliphatic heterocycles. The monoisotopic (exact) mass is 541 g/mol. The molecule has 2 aromatic rings. The molecule has 0 aliphatic carbocycles. The summed E-state index contributed by atoms with van der Waals surface area (Å²) in [5.74, 6) is -2.55. The number of carbonyl (C=O) groups excluding carboxylic acids is 5. The maximum atomic E-state index is 13.1. The lowest BCUT2D eigenvalue weighted by Crippen LogP contribution is -2.52. The fourth-order valence-corrected chi connectivity index (χ4v) is 4.42. The Morgan fingerprint density at radius 2 is 1.74 bits per heavy atom. The molecule has 2 unspecified atom stereocenters. The second-order valence-electron chi connectivity index (χ2n) is 10.1. The maximum absolute atomic E-state index is 13.1. The predicted octanol–water partition coefficient (Wildman–Crippen LogP) is 4.43. The normalized spacial score (nSPS) is 16.1. The number of nitrogens with zero attached hydrogens (tertiary/aromatic N) is 1. The molecule has 9 nitrogen and oxygen atoms in total. The highest BCUT2D eigenvalue weighted by Gasteiger charge is 2.50. The zero-order valence-corrected chi connectivity index (χ0v) is 23.1. The van der Waals surface area contributed by atoms with Crippen molar-refractivity contribution in [2.45, 2.75) is 66.5 Å². The van der Waals surface area contributed by atoms with E-state index in [9.17, 15) is 24.0 Å². The van der Waals surface area contributed by atoms with E-state index in [1.54, 1.807) is 19.9 Å².